The van der Waals surface area contributed by atoms with Gasteiger partial charge in [0, 0.05) is 25.5 Å². The lowest BCUT2D eigenvalue weighted by molar-refractivity contribution is -0.120. The number of hydrogen-bond donors (Lipinski definition) is 0. The lowest BCUT2D eigenvalue weighted by Gasteiger charge is -2.37. The topological polar surface area (TPSA) is 23.6 Å². The minimum absolute atomic E-state index is 0.0869. The summed E-state index contributed by atoms with van der Waals surface area (Å²) in [5.74, 6) is 0.0987. The van der Waals surface area contributed by atoms with Crippen LogP contribution in [0.4, 0.5) is 11.4 Å². The molecule has 0 N–H and O–H groups in total. The zero-order valence-electron chi connectivity index (χ0n) is 11.6. The van der Waals surface area contributed by atoms with Gasteiger partial charge in [-0.1, -0.05) is 36.4 Å². The first-order chi connectivity index (χ1) is 9.70. The third-order valence-corrected chi connectivity index (χ3v) is 4.60. The van der Waals surface area contributed by atoms with Gasteiger partial charge in [-0.3, -0.25) is 4.79 Å². The van der Waals surface area contributed by atoms with Crippen molar-refractivity contribution in [2.24, 2.45) is 0 Å². The van der Waals surface area contributed by atoms with Crippen molar-refractivity contribution in [2.75, 3.05) is 23.9 Å². The van der Waals surface area contributed by atoms with E-state index >= 15 is 0 Å². The number of fused-ring (bicyclic) bond motifs is 5. The summed E-state index contributed by atoms with van der Waals surface area (Å²) in [5, 5.41) is 0. The molecule has 0 aromatic heterocycles. The predicted molar refractivity (Wildman–Crippen MR) is 80.2 cm³/mol. The van der Waals surface area contributed by atoms with E-state index in [0.717, 1.165) is 11.3 Å². The van der Waals surface area contributed by atoms with E-state index in [1.807, 2.05) is 31.3 Å². The molecule has 0 unspecified atom stereocenters. The predicted octanol–water partition coefficient (Wildman–Crippen LogP) is 2.94. The maximum Gasteiger partial charge on any atom is 0.236 e. The second-order valence-electron chi connectivity index (χ2n) is 5.55. The van der Waals surface area contributed by atoms with Crippen LogP contribution in [-0.2, 0) is 4.79 Å². The van der Waals surface area contributed by atoms with Gasteiger partial charge in [0.15, 0.2) is 0 Å². The molecule has 2 heterocycles. The Hall–Kier alpha value is -2.29. The van der Waals surface area contributed by atoms with E-state index in [1.165, 1.54) is 11.3 Å². The summed E-state index contributed by atoms with van der Waals surface area (Å²) in [5.41, 5.74) is 4.57. The summed E-state index contributed by atoms with van der Waals surface area (Å²) >= 11 is 0. The molecule has 0 radical (unpaired) electrons. The molecule has 2 aromatic carbocycles. The Morgan fingerprint density at radius 3 is 2.20 bits per heavy atom. The van der Waals surface area contributed by atoms with E-state index in [2.05, 4.69) is 36.2 Å². The quantitative estimate of drug-likeness (QED) is 0.730. The largest absolute Gasteiger partial charge is 0.366 e. The van der Waals surface area contributed by atoms with Crippen molar-refractivity contribution >= 4 is 17.3 Å². The van der Waals surface area contributed by atoms with Crippen molar-refractivity contribution in [2.45, 2.75) is 12.0 Å². The van der Waals surface area contributed by atoms with Gasteiger partial charge in [-0.15, -0.1) is 0 Å². The number of nitrogens with zero attached hydrogens (tertiary/aromatic N) is 2. The molecule has 2 atom stereocenters. The first-order valence-corrected chi connectivity index (χ1v) is 6.88. The zero-order chi connectivity index (χ0) is 13.9. The van der Waals surface area contributed by atoms with Crippen LogP contribution in [0.3, 0.4) is 0 Å². The van der Waals surface area contributed by atoms with Crippen LogP contribution in [0.5, 0.6) is 0 Å². The van der Waals surface area contributed by atoms with E-state index in [-0.39, 0.29) is 17.9 Å². The lowest BCUT2D eigenvalue weighted by Crippen LogP contribution is -2.41. The van der Waals surface area contributed by atoms with Crippen LogP contribution in [0.2, 0.25) is 0 Å². The maximum atomic E-state index is 12.8. The molecule has 2 aliphatic heterocycles. The fourth-order valence-corrected chi connectivity index (χ4v) is 3.64. The highest BCUT2D eigenvalue weighted by Gasteiger charge is 2.47. The molecule has 20 heavy (non-hydrogen) atoms. The van der Waals surface area contributed by atoms with Crippen LogP contribution < -0.4 is 9.80 Å². The summed E-state index contributed by atoms with van der Waals surface area (Å²) in [6.07, 6.45) is 0. The highest BCUT2D eigenvalue weighted by atomic mass is 16.2. The number of rotatable bonds is 0. The molecule has 100 valence electrons. The fraction of sp³-hybridized carbons (Fsp3) is 0.235. The zero-order valence-corrected chi connectivity index (χ0v) is 11.6. The number of carbonyl (C=O) groups excluding carboxylic acids is 1. The average Bonchev–Trinajstić information content (AvgIpc) is 2.79. The molecule has 0 fully saturated rings. The summed E-state index contributed by atoms with van der Waals surface area (Å²) in [4.78, 5) is 16.8. The Kier molecular flexibility index (Phi) is 2.22. The number of carbonyl (C=O) groups is 1. The molecular formula is C17H16N2O. The Morgan fingerprint density at radius 2 is 1.45 bits per heavy atom. The summed E-state index contributed by atoms with van der Waals surface area (Å²) in [6, 6.07) is 16.6. The molecule has 0 saturated heterocycles. The van der Waals surface area contributed by atoms with Gasteiger partial charge in [-0.25, -0.2) is 0 Å². The second-order valence-corrected chi connectivity index (χ2v) is 5.55. The second kappa shape index (κ2) is 3.85. The highest BCUT2D eigenvalue weighted by molar-refractivity contribution is 6.04. The molecule has 0 bridgehead atoms. The third-order valence-electron chi connectivity index (χ3n) is 4.60. The third kappa shape index (κ3) is 1.27. The van der Waals surface area contributed by atoms with Crippen LogP contribution in [0.25, 0.3) is 0 Å². The van der Waals surface area contributed by atoms with Crippen LogP contribution >= 0.6 is 0 Å². The Morgan fingerprint density at radius 1 is 0.850 bits per heavy atom. The standard InChI is InChI=1S/C17H16N2O/c1-18-13-9-5-3-7-11(13)15-16(18)12-8-4-6-10-14(12)19(2)17(15)20/h3-10,15-16H,1-2H3/t15-,16-/m1/s1. The molecule has 0 spiro atoms. The molecule has 4 rings (SSSR count). The molecule has 3 heteroatoms. The van der Waals surface area contributed by atoms with Crippen molar-refractivity contribution in [1.29, 1.82) is 0 Å². The van der Waals surface area contributed by atoms with Crippen molar-refractivity contribution < 1.29 is 4.79 Å². The minimum Gasteiger partial charge on any atom is -0.366 e. The van der Waals surface area contributed by atoms with Crippen molar-refractivity contribution in [3.05, 3.63) is 59.7 Å². The van der Waals surface area contributed by atoms with Gasteiger partial charge in [0.25, 0.3) is 0 Å². The molecule has 2 aliphatic rings. The number of benzene rings is 2. The van der Waals surface area contributed by atoms with Crippen LogP contribution in [0.1, 0.15) is 23.1 Å². The molecule has 2 aromatic rings. The van der Waals surface area contributed by atoms with Crippen molar-refractivity contribution in [1.82, 2.24) is 0 Å². The molecular weight excluding hydrogens is 248 g/mol. The van der Waals surface area contributed by atoms with Gasteiger partial charge < -0.3 is 9.80 Å². The molecule has 1 amide bonds. The van der Waals surface area contributed by atoms with Crippen LogP contribution in [0, 0.1) is 0 Å². The van der Waals surface area contributed by atoms with E-state index in [4.69, 9.17) is 0 Å². The lowest BCUT2D eigenvalue weighted by atomic mass is 9.85. The number of para-hydroxylation sites is 2. The van der Waals surface area contributed by atoms with Gasteiger partial charge in [0.1, 0.15) is 0 Å². The number of likely N-dealkylation sites (N-methyl/N-ethyl adjacent to an activating group) is 2. The highest BCUT2D eigenvalue weighted by Crippen LogP contribution is 2.53. The van der Waals surface area contributed by atoms with Crippen molar-refractivity contribution in [3.63, 3.8) is 0 Å². The summed E-state index contributed by atoms with van der Waals surface area (Å²) in [6.45, 7) is 0. The summed E-state index contributed by atoms with van der Waals surface area (Å²) in [7, 11) is 3.96. The number of hydrogen-bond acceptors (Lipinski definition) is 2. The Bertz CT molecular complexity index is 710. The number of amides is 1. The molecule has 0 aliphatic carbocycles. The van der Waals surface area contributed by atoms with E-state index in [9.17, 15) is 4.79 Å². The molecule has 3 nitrogen and oxygen atoms in total. The number of anilines is 2. The first-order valence-electron chi connectivity index (χ1n) is 6.88. The minimum atomic E-state index is -0.0869. The smallest absolute Gasteiger partial charge is 0.236 e. The van der Waals surface area contributed by atoms with Gasteiger partial charge in [-0.05, 0) is 23.3 Å². The SMILES string of the molecule is CN1C(=O)[C@@H]2c3ccccc3N(C)[C@@H]2c2ccccc21. The van der Waals surface area contributed by atoms with Crippen molar-refractivity contribution in [3.8, 4) is 0 Å². The van der Waals surface area contributed by atoms with E-state index in [1.54, 1.807) is 4.90 Å². The van der Waals surface area contributed by atoms with Gasteiger partial charge in [-0.2, -0.15) is 0 Å². The molecule has 0 saturated carbocycles. The maximum absolute atomic E-state index is 12.8. The van der Waals surface area contributed by atoms with Gasteiger partial charge >= 0.3 is 0 Å². The fourth-order valence-electron chi connectivity index (χ4n) is 3.64. The van der Waals surface area contributed by atoms with Crippen LogP contribution in [0.15, 0.2) is 48.5 Å². The normalized spacial score (nSPS) is 23.4. The first kappa shape index (κ1) is 11.5. The monoisotopic (exact) mass is 264 g/mol. The Balaban J connectivity index is 1.98. The van der Waals surface area contributed by atoms with Gasteiger partial charge in [0.2, 0.25) is 5.91 Å². The van der Waals surface area contributed by atoms with E-state index in [0.29, 0.717) is 0 Å². The van der Waals surface area contributed by atoms with Gasteiger partial charge in [0.05, 0.1) is 12.0 Å². The average molecular weight is 264 g/mol. The summed E-state index contributed by atoms with van der Waals surface area (Å²) < 4.78 is 0. The van der Waals surface area contributed by atoms with Crippen LogP contribution in [-0.4, -0.2) is 20.0 Å². The Labute approximate surface area is 118 Å². The van der Waals surface area contributed by atoms with E-state index < -0.39 is 0 Å².